The number of aromatic nitrogens is 1. The van der Waals surface area contributed by atoms with Crippen molar-refractivity contribution in [3.8, 4) is 50.2 Å². The molecule has 18 rings (SSSR count). The molecule has 2 N–H and O–H groups in total. The van der Waals surface area contributed by atoms with Crippen LogP contribution in [0, 0.1) is 0 Å². The third kappa shape index (κ3) is 7.76. The molecule has 13 aromatic carbocycles. The summed E-state index contributed by atoms with van der Waals surface area (Å²) in [6.07, 6.45) is 0. The third-order valence-electron chi connectivity index (χ3n) is 19.3. The van der Waals surface area contributed by atoms with Crippen LogP contribution in [0.25, 0.3) is 72.0 Å². The van der Waals surface area contributed by atoms with Crippen LogP contribution in [-0.2, 0) is 16.2 Å². The van der Waals surface area contributed by atoms with Crippen LogP contribution >= 0.6 is 0 Å². The van der Waals surface area contributed by atoms with Gasteiger partial charge in [-0.25, -0.2) is 0 Å². The Balaban J connectivity index is 0.000000139. The van der Waals surface area contributed by atoms with Crippen LogP contribution in [0.4, 0.5) is 22.7 Å². The summed E-state index contributed by atoms with van der Waals surface area (Å²) < 4.78 is 2.50. The van der Waals surface area contributed by atoms with Crippen LogP contribution < -0.4 is 10.6 Å². The Kier molecular flexibility index (Phi) is 12.5. The number of fused-ring (bicyclic) bond motifs is 19. The summed E-state index contributed by atoms with van der Waals surface area (Å²) in [5.41, 5.74) is 30.3. The summed E-state index contributed by atoms with van der Waals surface area (Å²) in [7, 11) is 0. The second-order valence-electron chi connectivity index (χ2n) is 24.0. The molecule has 420 valence electrons. The number of rotatable bonds is 4. The molecule has 88 heavy (non-hydrogen) atoms. The zero-order valence-electron chi connectivity index (χ0n) is 49.9. The highest BCUT2D eigenvalue weighted by Crippen LogP contribution is 2.63. The van der Waals surface area contributed by atoms with E-state index in [0.29, 0.717) is 0 Å². The molecule has 0 saturated carbocycles. The van der Waals surface area contributed by atoms with Gasteiger partial charge < -0.3 is 15.2 Å². The molecule has 0 fully saturated rings. The maximum atomic E-state index is 3.88. The highest BCUT2D eigenvalue weighted by molar-refractivity contribution is 6.12. The molecule has 1 aromatic heterocycles. The Morgan fingerprint density at radius 3 is 1.09 bits per heavy atom. The van der Waals surface area contributed by atoms with Crippen molar-refractivity contribution in [1.29, 1.82) is 0 Å². The van der Waals surface area contributed by atoms with Crippen LogP contribution in [0.5, 0.6) is 0 Å². The van der Waals surface area contributed by atoms with Crippen molar-refractivity contribution in [2.45, 2.75) is 43.9 Å². The normalized spacial score (nSPS) is 14.1. The van der Waals surface area contributed by atoms with Crippen molar-refractivity contribution in [1.82, 2.24) is 4.57 Å². The molecular weight excluding hydrogens is 1060 g/mol. The Hall–Kier alpha value is -10.7. The first-order valence-corrected chi connectivity index (χ1v) is 31.1. The lowest BCUT2D eigenvalue weighted by Crippen LogP contribution is -2.44. The first-order chi connectivity index (χ1) is 43.4. The fourth-order valence-corrected chi connectivity index (χ4v) is 15.5. The van der Waals surface area contributed by atoms with E-state index in [9.17, 15) is 0 Å². The Morgan fingerprint density at radius 1 is 0.250 bits per heavy atom. The molecule has 1 aliphatic carbocycles. The highest BCUT2D eigenvalue weighted by atomic mass is 15.0. The zero-order valence-corrected chi connectivity index (χ0v) is 49.9. The zero-order chi connectivity index (χ0) is 59.1. The lowest BCUT2D eigenvalue weighted by molar-refractivity contribution is 0.558. The Labute approximate surface area is 515 Å². The van der Waals surface area contributed by atoms with Crippen molar-refractivity contribution in [3.05, 3.63) is 365 Å². The molecule has 4 heterocycles. The highest BCUT2D eigenvalue weighted by Gasteiger charge is 2.53. The molecule has 3 nitrogen and oxygen atoms in total. The van der Waals surface area contributed by atoms with Crippen molar-refractivity contribution in [2.24, 2.45) is 0 Å². The molecule has 0 bridgehead atoms. The molecule has 3 aliphatic heterocycles. The third-order valence-corrected chi connectivity index (χ3v) is 19.3. The van der Waals surface area contributed by atoms with Crippen LogP contribution in [-0.4, -0.2) is 4.57 Å². The van der Waals surface area contributed by atoms with Gasteiger partial charge in [0.15, 0.2) is 0 Å². The van der Waals surface area contributed by atoms with E-state index in [1.54, 1.807) is 0 Å². The van der Waals surface area contributed by atoms with Gasteiger partial charge in [0.05, 0.1) is 27.6 Å². The molecular formula is C85H65N3. The van der Waals surface area contributed by atoms with Crippen LogP contribution in [0.15, 0.2) is 309 Å². The van der Waals surface area contributed by atoms with E-state index in [1.807, 2.05) is 13.8 Å². The van der Waals surface area contributed by atoms with Crippen molar-refractivity contribution < 1.29 is 0 Å². The summed E-state index contributed by atoms with van der Waals surface area (Å²) in [6.45, 7) is 8.78. The maximum absolute atomic E-state index is 3.88. The number of anilines is 4. The predicted octanol–water partition coefficient (Wildman–Crippen LogP) is 22.0. The SMILES string of the molecule is CC.CC1(C)c2ccc(-c3ccccc3)cc2C2(c3ccccc3Nc3ccccc32)c2cc(-c3ccccc3)ccc21.c1ccc(-c2ccc3c(c2)C2(c4cc(-c5ccccc5)ccc4N3)c3ccccc3-n3c4ccccc4c4cccc2c43)cc1. The molecule has 4 aliphatic rings. The van der Waals surface area contributed by atoms with E-state index in [1.165, 1.54) is 128 Å². The van der Waals surface area contributed by atoms with E-state index in [2.05, 4.69) is 338 Å². The van der Waals surface area contributed by atoms with Gasteiger partial charge in [0, 0.05) is 38.9 Å². The monoisotopic (exact) mass is 1130 g/mol. The second kappa shape index (κ2) is 20.8. The topological polar surface area (TPSA) is 29.0 Å². The summed E-state index contributed by atoms with van der Waals surface area (Å²) in [4.78, 5) is 0. The van der Waals surface area contributed by atoms with Gasteiger partial charge in [-0.15, -0.1) is 0 Å². The number of para-hydroxylation sites is 5. The standard InChI is InChI=1S/C43H28N2.C40H31N.C2H6/c1-3-12-28(13-4-1)30-22-24-38-36(26-30)43(37-27-31(23-25-39(37)44-38)29-14-5-2-6-15-29)34-18-8-10-21-41(34)45-40-20-9-7-16-32(40)33-17-11-19-35(43)42(33)45;1-39(2)31-23-21-29(27-13-5-3-6-14-27)25-35(31)40(36-26-30(22-24-32(36)39)28-15-7-4-8-16-28)33-17-9-11-19-37(33)41-38-20-12-10-18-34(38)40;1-2/h1-27,44H;3-26,41H,1-2H3;1-2H3. The van der Waals surface area contributed by atoms with Crippen LogP contribution in [0.3, 0.4) is 0 Å². The van der Waals surface area contributed by atoms with Gasteiger partial charge in [0.25, 0.3) is 0 Å². The molecule has 2 spiro atoms. The van der Waals surface area contributed by atoms with Crippen molar-refractivity contribution >= 4 is 44.6 Å². The summed E-state index contributed by atoms with van der Waals surface area (Å²) >= 11 is 0. The number of nitrogens with one attached hydrogen (secondary N) is 2. The van der Waals surface area contributed by atoms with Gasteiger partial charge in [0.2, 0.25) is 0 Å². The van der Waals surface area contributed by atoms with Crippen LogP contribution in [0.2, 0.25) is 0 Å². The van der Waals surface area contributed by atoms with E-state index in [0.717, 1.165) is 22.7 Å². The molecule has 0 radical (unpaired) electrons. The van der Waals surface area contributed by atoms with E-state index >= 15 is 0 Å². The fraction of sp³-hybridized carbons (Fsp3) is 0.0824. The Morgan fingerprint density at radius 2 is 0.602 bits per heavy atom. The van der Waals surface area contributed by atoms with Gasteiger partial charge in [-0.2, -0.15) is 0 Å². The summed E-state index contributed by atoms with van der Waals surface area (Å²) in [6, 6.07) is 114. The van der Waals surface area contributed by atoms with Crippen LogP contribution in [0.1, 0.15) is 83.3 Å². The largest absolute Gasteiger partial charge is 0.355 e. The molecule has 0 saturated heterocycles. The van der Waals surface area contributed by atoms with Crippen molar-refractivity contribution in [2.75, 3.05) is 10.6 Å². The molecule has 14 aromatic rings. The fourth-order valence-electron chi connectivity index (χ4n) is 15.5. The number of hydrogen-bond donors (Lipinski definition) is 2. The first kappa shape index (κ1) is 52.8. The lowest BCUT2D eigenvalue weighted by Gasteiger charge is -2.51. The quantitative estimate of drug-likeness (QED) is 0.184. The second-order valence-corrected chi connectivity index (χ2v) is 24.0. The van der Waals surface area contributed by atoms with Gasteiger partial charge in [-0.3, -0.25) is 0 Å². The molecule has 3 heteroatoms. The smallest absolute Gasteiger partial charge is 0.0783 e. The Bertz CT molecular complexity index is 4790. The van der Waals surface area contributed by atoms with Gasteiger partial charge in [0.1, 0.15) is 0 Å². The minimum atomic E-state index is -0.550. The number of benzene rings is 13. The molecule has 0 unspecified atom stereocenters. The van der Waals surface area contributed by atoms with E-state index in [-0.39, 0.29) is 5.41 Å². The average molecular weight is 1130 g/mol. The minimum Gasteiger partial charge on any atom is -0.355 e. The molecule has 0 amide bonds. The summed E-state index contributed by atoms with van der Waals surface area (Å²) in [5, 5.41) is 10.2. The van der Waals surface area contributed by atoms with E-state index < -0.39 is 10.8 Å². The van der Waals surface area contributed by atoms with Crippen molar-refractivity contribution in [3.63, 3.8) is 0 Å². The average Bonchev–Trinajstić information content (AvgIpc) is 1.01. The molecule has 0 atom stereocenters. The number of nitrogens with zero attached hydrogens (tertiary/aromatic N) is 1. The van der Waals surface area contributed by atoms with E-state index in [4.69, 9.17) is 0 Å². The van der Waals surface area contributed by atoms with Gasteiger partial charge in [-0.1, -0.05) is 276 Å². The summed E-state index contributed by atoms with van der Waals surface area (Å²) in [5.74, 6) is 0. The number of hydrogen-bond acceptors (Lipinski definition) is 2. The minimum absolute atomic E-state index is 0.172. The lowest BCUT2D eigenvalue weighted by atomic mass is 9.53. The van der Waals surface area contributed by atoms with Gasteiger partial charge >= 0.3 is 0 Å². The maximum Gasteiger partial charge on any atom is 0.0783 e. The first-order valence-electron chi connectivity index (χ1n) is 31.1. The predicted molar refractivity (Wildman–Crippen MR) is 369 cm³/mol. The van der Waals surface area contributed by atoms with Gasteiger partial charge in [-0.05, 0) is 161 Å².